The number of amides is 1. The largest absolute Gasteiger partial charge is 0.478 e. The third kappa shape index (κ3) is 3.76. The number of carboxylic acid groups (broad SMARTS) is 1. The van der Waals surface area contributed by atoms with Crippen LogP contribution in [0.2, 0.25) is 0 Å². The maximum Gasteiger partial charge on any atom is 0.337 e. The van der Waals surface area contributed by atoms with Gasteiger partial charge in [-0.25, -0.2) is 4.79 Å². The topological polar surface area (TPSA) is 117 Å². The summed E-state index contributed by atoms with van der Waals surface area (Å²) in [4.78, 5) is 30.4. The molecule has 1 aliphatic heterocycles. The molecule has 4 aromatic rings. The Kier molecular flexibility index (Phi) is 5.28. The van der Waals surface area contributed by atoms with Gasteiger partial charge in [-0.2, -0.15) is 5.26 Å². The molecule has 0 saturated heterocycles. The molecule has 8 nitrogen and oxygen atoms in total. The van der Waals surface area contributed by atoms with Gasteiger partial charge in [0, 0.05) is 23.9 Å². The summed E-state index contributed by atoms with van der Waals surface area (Å²) in [6, 6.07) is 22.9. The van der Waals surface area contributed by atoms with E-state index < -0.39 is 11.9 Å². The monoisotopic (exact) mass is 450 g/mol. The average molecular weight is 450 g/mol. The van der Waals surface area contributed by atoms with Crippen LogP contribution in [-0.2, 0) is 6.54 Å². The molecule has 0 saturated carbocycles. The van der Waals surface area contributed by atoms with Crippen molar-refractivity contribution < 1.29 is 19.5 Å². The van der Waals surface area contributed by atoms with E-state index in [2.05, 4.69) is 10.5 Å². The number of nitriles is 1. The van der Waals surface area contributed by atoms with Gasteiger partial charge in [-0.3, -0.25) is 4.79 Å². The maximum atomic E-state index is 13.2. The maximum absolute atomic E-state index is 13.2. The third-order valence-electron chi connectivity index (χ3n) is 5.67. The molecule has 3 aromatic carbocycles. The van der Waals surface area contributed by atoms with Crippen LogP contribution in [0.25, 0.3) is 10.9 Å². The van der Waals surface area contributed by atoms with Gasteiger partial charge >= 0.3 is 5.97 Å². The summed E-state index contributed by atoms with van der Waals surface area (Å²) in [5.74, 6) is -1.02. The summed E-state index contributed by atoms with van der Waals surface area (Å²) in [5.41, 5.74) is 3.13. The second kappa shape index (κ2) is 8.56. The molecule has 34 heavy (non-hydrogen) atoms. The lowest BCUT2D eigenvalue weighted by Crippen LogP contribution is -2.22. The van der Waals surface area contributed by atoms with Crippen LogP contribution < -0.4 is 10.2 Å². The highest BCUT2D eigenvalue weighted by atomic mass is 16.6. The lowest BCUT2D eigenvalue weighted by molar-refractivity contribution is 0.0698. The van der Waals surface area contributed by atoms with Crippen molar-refractivity contribution in [2.24, 2.45) is 5.16 Å². The average Bonchev–Trinajstić information content (AvgIpc) is 3.24. The Morgan fingerprint density at radius 3 is 2.65 bits per heavy atom. The van der Waals surface area contributed by atoms with Crippen LogP contribution in [0.1, 0.15) is 38.4 Å². The van der Waals surface area contributed by atoms with Gasteiger partial charge < -0.3 is 19.8 Å². The van der Waals surface area contributed by atoms with Crippen LogP contribution in [0.4, 0.5) is 5.69 Å². The molecule has 8 heteroatoms. The first-order valence-electron chi connectivity index (χ1n) is 10.6. The van der Waals surface area contributed by atoms with E-state index in [9.17, 15) is 14.7 Å². The Morgan fingerprint density at radius 1 is 1.06 bits per heavy atom. The standard InChI is InChI=1S/C26H18N4O4/c27-15-16-9-10-21(20(13-16)26(32)33)28-25(31)23-14-17-5-4-8-19-22(11-12-30(23)24(17)19)29-34-18-6-2-1-3-7-18/h1-10,13-14H,11-12H2,(H,28,31)(H,32,33). The van der Waals surface area contributed by atoms with Gasteiger partial charge in [-0.1, -0.05) is 41.6 Å². The molecule has 1 aliphatic rings. The van der Waals surface area contributed by atoms with Crippen molar-refractivity contribution in [1.82, 2.24) is 4.57 Å². The van der Waals surface area contributed by atoms with E-state index in [0.29, 0.717) is 24.4 Å². The molecule has 2 heterocycles. The highest BCUT2D eigenvalue weighted by molar-refractivity contribution is 6.15. The summed E-state index contributed by atoms with van der Waals surface area (Å²) in [6.07, 6.45) is 0.561. The number of aromatic nitrogens is 1. The smallest absolute Gasteiger partial charge is 0.337 e. The van der Waals surface area contributed by atoms with Crippen LogP contribution in [0.5, 0.6) is 5.75 Å². The molecule has 0 radical (unpaired) electrons. The van der Waals surface area contributed by atoms with Gasteiger partial charge in [0.05, 0.1) is 34.1 Å². The number of carbonyl (C=O) groups excluding carboxylic acids is 1. The summed E-state index contributed by atoms with van der Waals surface area (Å²) >= 11 is 0. The predicted octanol–water partition coefficient (Wildman–Crippen LogP) is 4.65. The zero-order chi connectivity index (χ0) is 23.7. The number of para-hydroxylation sites is 2. The number of carbonyl (C=O) groups is 2. The molecule has 2 N–H and O–H groups in total. The Bertz CT molecular complexity index is 1510. The summed E-state index contributed by atoms with van der Waals surface area (Å²) in [6.45, 7) is 0.513. The summed E-state index contributed by atoms with van der Waals surface area (Å²) < 4.78 is 1.91. The second-order valence-electron chi connectivity index (χ2n) is 7.75. The van der Waals surface area contributed by atoms with Crippen LogP contribution in [-0.4, -0.2) is 27.3 Å². The van der Waals surface area contributed by atoms with E-state index in [-0.39, 0.29) is 16.8 Å². The molecule has 1 aromatic heterocycles. The number of aryl methyl sites for hydroxylation is 1. The SMILES string of the molecule is N#Cc1ccc(NC(=O)c2cc3cccc4c3n2CCC4=NOc2ccccc2)c(C(=O)O)c1. The fraction of sp³-hybridized carbons (Fsp3) is 0.0769. The van der Waals surface area contributed by atoms with E-state index in [1.165, 1.54) is 18.2 Å². The Balaban J connectivity index is 1.49. The fourth-order valence-corrected chi connectivity index (χ4v) is 4.10. The molecule has 0 spiro atoms. The first kappa shape index (κ1) is 21.0. The molecule has 0 bridgehead atoms. The van der Waals surface area contributed by atoms with E-state index in [4.69, 9.17) is 10.1 Å². The van der Waals surface area contributed by atoms with E-state index in [1.807, 2.05) is 59.2 Å². The molecule has 0 atom stereocenters. The first-order valence-corrected chi connectivity index (χ1v) is 10.6. The summed E-state index contributed by atoms with van der Waals surface area (Å²) in [7, 11) is 0. The number of anilines is 1. The minimum absolute atomic E-state index is 0.129. The summed E-state index contributed by atoms with van der Waals surface area (Å²) in [5, 5.41) is 26.5. The van der Waals surface area contributed by atoms with E-state index in [1.54, 1.807) is 6.07 Å². The number of nitrogens with zero attached hydrogens (tertiary/aromatic N) is 3. The second-order valence-corrected chi connectivity index (χ2v) is 7.75. The molecule has 0 unspecified atom stereocenters. The minimum atomic E-state index is -1.23. The normalized spacial score (nSPS) is 13.4. The highest BCUT2D eigenvalue weighted by Gasteiger charge is 2.25. The lowest BCUT2D eigenvalue weighted by atomic mass is 10.0. The Labute approximate surface area is 194 Å². The predicted molar refractivity (Wildman–Crippen MR) is 126 cm³/mol. The van der Waals surface area contributed by atoms with Crippen molar-refractivity contribution in [3.8, 4) is 11.8 Å². The van der Waals surface area contributed by atoms with Crippen molar-refractivity contribution in [1.29, 1.82) is 5.26 Å². The quantitative estimate of drug-likeness (QED) is 0.429. The van der Waals surface area contributed by atoms with Crippen LogP contribution in [0, 0.1) is 11.3 Å². The Morgan fingerprint density at radius 2 is 1.88 bits per heavy atom. The van der Waals surface area contributed by atoms with Gasteiger partial charge in [0.2, 0.25) is 0 Å². The van der Waals surface area contributed by atoms with E-state index >= 15 is 0 Å². The van der Waals surface area contributed by atoms with Crippen molar-refractivity contribution in [3.63, 3.8) is 0 Å². The molecule has 166 valence electrons. The highest BCUT2D eigenvalue weighted by Crippen LogP contribution is 2.30. The van der Waals surface area contributed by atoms with E-state index in [0.717, 1.165) is 22.2 Å². The number of carboxylic acids is 1. The number of oxime groups is 1. The lowest BCUT2D eigenvalue weighted by Gasteiger charge is -2.19. The van der Waals surface area contributed by atoms with Gasteiger partial charge in [-0.05, 0) is 36.4 Å². The molecular weight excluding hydrogens is 432 g/mol. The van der Waals surface area contributed by atoms with Gasteiger partial charge in [0.1, 0.15) is 5.69 Å². The van der Waals surface area contributed by atoms with Crippen molar-refractivity contribution in [3.05, 3.63) is 95.2 Å². The molecule has 1 amide bonds. The molecule has 5 rings (SSSR count). The number of aromatic carboxylic acids is 1. The van der Waals surface area contributed by atoms with Crippen LogP contribution in [0.15, 0.2) is 78.0 Å². The van der Waals surface area contributed by atoms with Crippen LogP contribution in [0.3, 0.4) is 0 Å². The number of rotatable bonds is 5. The van der Waals surface area contributed by atoms with Gasteiger partial charge in [0.15, 0.2) is 5.75 Å². The van der Waals surface area contributed by atoms with Crippen molar-refractivity contribution in [2.75, 3.05) is 5.32 Å². The minimum Gasteiger partial charge on any atom is -0.478 e. The fourth-order valence-electron chi connectivity index (χ4n) is 4.10. The zero-order valence-electron chi connectivity index (χ0n) is 17.9. The zero-order valence-corrected chi connectivity index (χ0v) is 17.9. The number of hydrogen-bond acceptors (Lipinski definition) is 5. The van der Waals surface area contributed by atoms with Gasteiger partial charge in [0.25, 0.3) is 5.91 Å². The number of nitrogens with one attached hydrogen (secondary N) is 1. The van der Waals surface area contributed by atoms with Crippen molar-refractivity contribution >= 4 is 34.2 Å². The first-order chi connectivity index (χ1) is 16.5. The molecular formula is C26H18N4O4. The third-order valence-corrected chi connectivity index (χ3v) is 5.67. The van der Waals surface area contributed by atoms with Crippen LogP contribution >= 0.6 is 0 Å². The molecule has 0 fully saturated rings. The van der Waals surface area contributed by atoms with Crippen molar-refractivity contribution in [2.45, 2.75) is 13.0 Å². The Hall–Kier alpha value is -4.90. The van der Waals surface area contributed by atoms with Gasteiger partial charge in [-0.15, -0.1) is 0 Å². The number of benzene rings is 3. The molecule has 0 aliphatic carbocycles. The number of hydrogen-bond donors (Lipinski definition) is 2.